The number of benzene rings is 1. The summed E-state index contributed by atoms with van der Waals surface area (Å²) in [4.78, 5) is 24.2. The lowest BCUT2D eigenvalue weighted by Crippen LogP contribution is -2.22. The molecule has 2 aromatic heterocycles. The second-order valence-corrected chi connectivity index (χ2v) is 6.49. The minimum absolute atomic E-state index is 0.0824. The summed E-state index contributed by atoms with van der Waals surface area (Å²) >= 11 is 6.77. The number of hydrogen-bond acceptors (Lipinski definition) is 6. The van der Waals surface area contributed by atoms with Gasteiger partial charge in [0.2, 0.25) is 10.0 Å². The molecule has 0 atom stereocenters. The van der Waals surface area contributed by atoms with Crippen LogP contribution in [0.3, 0.4) is 0 Å². The van der Waals surface area contributed by atoms with Crippen molar-refractivity contribution in [3.05, 3.63) is 63.0 Å². The molecule has 0 radical (unpaired) electrons. The molecule has 7 nitrogen and oxygen atoms in total. The van der Waals surface area contributed by atoms with Gasteiger partial charge in [-0.2, -0.15) is 0 Å². The van der Waals surface area contributed by atoms with Crippen molar-refractivity contribution in [2.24, 2.45) is 0 Å². The third-order valence-corrected chi connectivity index (χ3v) is 4.27. The van der Waals surface area contributed by atoms with Crippen LogP contribution in [0.1, 0.15) is 31.1 Å². The van der Waals surface area contributed by atoms with E-state index in [4.69, 9.17) is 16.0 Å². The van der Waals surface area contributed by atoms with Crippen LogP contribution in [0.5, 0.6) is 0 Å². The first-order chi connectivity index (χ1) is 12.0. The molecule has 2 heterocycles. The van der Waals surface area contributed by atoms with Crippen LogP contribution in [0.15, 0.2) is 40.8 Å². The van der Waals surface area contributed by atoms with E-state index in [1.807, 2.05) is 13.0 Å². The molecule has 0 bridgehead atoms. The first-order valence-corrected chi connectivity index (χ1v) is 8.44. The number of amides is 2. The molecule has 0 aliphatic carbocycles. The lowest BCUT2D eigenvalue weighted by molar-refractivity contribution is 0.0945. The zero-order valence-corrected chi connectivity index (χ0v) is 14.6. The molecule has 0 fully saturated rings. The van der Waals surface area contributed by atoms with E-state index in [0.29, 0.717) is 16.5 Å². The molecule has 2 N–H and O–H groups in total. The van der Waals surface area contributed by atoms with Crippen LogP contribution < -0.4 is 10.6 Å². The average molecular weight is 377 g/mol. The molecule has 9 heteroatoms. The van der Waals surface area contributed by atoms with Gasteiger partial charge in [0.05, 0.1) is 6.54 Å². The van der Waals surface area contributed by atoms with Crippen molar-refractivity contribution in [1.82, 2.24) is 15.5 Å². The number of nitrogens with one attached hydrogen (secondary N) is 2. The summed E-state index contributed by atoms with van der Waals surface area (Å²) in [6, 6.07) is 10.3. The van der Waals surface area contributed by atoms with E-state index in [0.717, 1.165) is 17.1 Å². The monoisotopic (exact) mass is 376 g/mol. The highest BCUT2D eigenvalue weighted by atomic mass is 35.5. The Labute approximate surface area is 152 Å². The summed E-state index contributed by atoms with van der Waals surface area (Å²) in [5.41, 5.74) is 0.534. The van der Waals surface area contributed by atoms with Crippen molar-refractivity contribution in [3.8, 4) is 0 Å². The fraction of sp³-hybridized carbons (Fsp3) is 0.125. The number of rotatable bonds is 5. The summed E-state index contributed by atoms with van der Waals surface area (Å²) in [5, 5.41) is 13.5. The van der Waals surface area contributed by atoms with E-state index in [-0.39, 0.29) is 16.6 Å². The highest BCUT2D eigenvalue weighted by molar-refractivity contribution is 7.15. The van der Waals surface area contributed by atoms with Gasteiger partial charge in [0, 0.05) is 10.7 Å². The van der Waals surface area contributed by atoms with Gasteiger partial charge in [0.15, 0.2) is 0 Å². The third-order valence-electron chi connectivity index (χ3n) is 3.12. The van der Waals surface area contributed by atoms with Crippen molar-refractivity contribution < 1.29 is 14.0 Å². The van der Waals surface area contributed by atoms with Gasteiger partial charge in [-0.1, -0.05) is 29.0 Å². The maximum atomic E-state index is 12.2. The Morgan fingerprint density at radius 2 is 1.92 bits per heavy atom. The molecule has 0 spiro atoms. The van der Waals surface area contributed by atoms with Crippen molar-refractivity contribution in [3.63, 3.8) is 0 Å². The second kappa shape index (κ2) is 7.45. The van der Waals surface area contributed by atoms with Crippen LogP contribution >= 0.6 is 22.9 Å². The molecule has 2 amide bonds. The predicted octanol–water partition coefficient (Wildman–Crippen LogP) is 3.28. The van der Waals surface area contributed by atoms with Crippen molar-refractivity contribution in [2.45, 2.75) is 13.5 Å². The smallest absolute Gasteiger partial charge is 0.286 e. The molecule has 25 heavy (non-hydrogen) atoms. The van der Waals surface area contributed by atoms with E-state index >= 15 is 0 Å². The summed E-state index contributed by atoms with van der Waals surface area (Å²) < 4.78 is 5.37. The van der Waals surface area contributed by atoms with E-state index in [1.165, 1.54) is 0 Å². The minimum atomic E-state index is -0.458. The van der Waals surface area contributed by atoms with E-state index in [9.17, 15) is 9.59 Å². The predicted molar refractivity (Wildman–Crippen MR) is 93.9 cm³/mol. The van der Waals surface area contributed by atoms with Gasteiger partial charge < -0.3 is 15.1 Å². The second-order valence-electron chi connectivity index (χ2n) is 5.07. The van der Waals surface area contributed by atoms with E-state index in [1.54, 1.807) is 30.3 Å². The molecular weight excluding hydrogens is 364 g/mol. The van der Waals surface area contributed by atoms with Crippen LogP contribution in [0.4, 0.5) is 5.69 Å². The number of anilines is 1. The maximum Gasteiger partial charge on any atom is 0.286 e. The number of nitrogens with zero attached hydrogens (tertiary/aromatic N) is 2. The van der Waals surface area contributed by atoms with E-state index in [2.05, 4.69) is 20.8 Å². The topological polar surface area (TPSA) is 97.1 Å². The Morgan fingerprint density at radius 1 is 1.16 bits per heavy atom. The van der Waals surface area contributed by atoms with Crippen molar-refractivity contribution >= 4 is 40.4 Å². The lowest BCUT2D eigenvalue weighted by atomic mass is 10.3. The average Bonchev–Trinajstić information content (AvgIpc) is 3.22. The van der Waals surface area contributed by atoms with Crippen molar-refractivity contribution in [2.75, 3.05) is 5.32 Å². The highest BCUT2D eigenvalue weighted by Crippen LogP contribution is 2.17. The lowest BCUT2D eigenvalue weighted by Gasteiger charge is -2.02. The number of aromatic nitrogens is 2. The number of carbonyl (C=O) groups excluding carboxylic acids is 2. The molecule has 0 saturated carbocycles. The molecule has 1 aromatic carbocycles. The number of halogens is 1. The quantitative estimate of drug-likeness (QED) is 0.712. The van der Waals surface area contributed by atoms with Gasteiger partial charge in [0.25, 0.3) is 11.8 Å². The number of carbonyl (C=O) groups is 2. The molecule has 0 unspecified atom stereocenters. The van der Waals surface area contributed by atoms with Gasteiger partial charge in [-0.3, -0.25) is 9.59 Å². The highest BCUT2D eigenvalue weighted by Gasteiger charge is 2.18. The van der Waals surface area contributed by atoms with Gasteiger partial charge in [-0.25, -0.2) is 0 Å². The van der Waals surface area contributed by atoms with Gasteiger partial charge >= 0.3 is 0 Å². The Kier molecular flexibility index (Phi) is 5.11. The van der Waals surface area contributed by atoms with Crippen molar-refractivity contribution in [1.29, 1.82) is 0 Å². The first-order valence-electron chi connectivity index (χ1n) is 7.25. The molecule has 128 valence electrons. The zero-order valence-electron chi connectivity index (χ0n) is 13.1. The molecule has 3 aromatic rings. The number of aryl methyl sites for hydroxylation is 1. The first kappa shape index (κ1) is 17.1. The van der Waals surface area contributed by atoms with Gasteiger partial charge in [-0.15, -0.1) is 10.2 Å². The van der Waals surface area contributed by atoms with Crippen LogP contribution in [0.25, 0.3) is 0 Å². The van der Waals surface area contributed by atoms with Crippen LogP contribution in [0.2, 0.25) is 5.02 Å². The summed E-state index contributed by atoms with van der Waals surface area (Å²) in [6.07, 6.45) is 0. The minimum Gasteiger partial charge on any atom is -0.465 e. The maximum absolute atomic E-state index is 12.2. The summed E-state index contributed by atoms with van der Waals surface area (Å²) in [5.74, 6) is 0.517. The van der Waals surface area contributed by atoms with Gasteiger partial charge in [-0.05, 0) is 37.3 Å². The number of furan rings is 1. The summed E-state index contributed by atoms with van der Waals surface area (Å²) in [6.45, 7) is 2.05. The molecule has 3 rings (SSSR count). The van der Waals surface area contributed by atoms with Crippen LogP contribution in [-0.4, -0.2) is 22.0 Å². The third kappa shape index (κ3) is 4.43. The van der Waals surface area contributed by atoms with Gasteiger partial charge in [0.1, 0.15) is 11.5 Å². The summed E-state index contributed by atoms with van der Waals surface area (Å²) in [7, 11) is 0. The zero-order chi connectivity index (χ0) is 17.8. The largest absolute Gasteiger partial charge is 0.465 e. The van der Waals surface area contributed by atoms with E-state index < -0.39 is 11.8 Å². The number of hydrogen-bond donors (Lipinski definition) is 2. The molecule has 0 saturated heterocycles. The van der Waals surface area contributed by atoms with Crippen LogP contribution in [-0.2, 0) is 6.54 Å². The SMILES string of the molecule is Cc1ccc(CNC(=O)c2nnc(C(=O)Nc3cccc(Cl)c3)s2)o1. The fourth-order valence-corrected chi connectivity index (χ4v) is 2.83. The molecular formula is C16H13ClN4O3S. The Balaban J connectivity index is 1.61. The molecule has 0 aliphatic heterocycles. The Hall–Kier alpha value is -2.71. The molecule has 0 aliphatic rings. The Morgan fingerprint density at radius 3 is 2.60 bits per heavy atom. The van der Waals surface area contributed by atoms with Crippen LogP contribution in [0, 0.1) is 6.92 Å². The fourth-order valence-electron chi connectivity index (χ4n) is 1.98. The normalized spacial score (nSPS) is 10.5. The standard InChI is InChI=1S/C16H13ClN4O3S/c1-9-5-6-12(24-9)8-18-13(22)15-20-21-16(25-15)14(23)19-11-4-2-3-10(17)7-11/h2-7H,8H2,1H3,(H,18,22)(H,19,23). The Bertz CT molecular complexity index is 922.